The predicted molar refractivity (Wildman–Crippen MR) is 48.1 cm³/mol. The molecule has 0 aliphatic heterocycles. The van der Waals surface area contributed by atoms with E-state index in [9.17, 15) is 9.59 Å². The van der Waals surface area contributed by atoms with Crippen LogP contribution in [0.2, 0.25) is 0 Å². The van der Waals surface area contributed by atoms with Crippen LogP contribution in [0.25, 0.3) is 0 Å². The lowest BCUT2D eigenvalue weighted by Gasteiger charge is -2.01. The SMILES string of the molecule is CC(=O)OC(C)C.CCOC(N)=O. The van der Waals surface area contributed by atoms with Crippen LogP contribution in [0.4, 0.5) is 4.79 Å². The fourth-order valence-corrected chi connectivity index (χ4v) is 0.474. The highest BCUT2D eigenvalue weighted by Crippen LogP contribution is 1.85. The van der Waals surface area contributed by atoms with Crippen LogP contribution in [0.5, 0.6) is 0 Å². The van der Waals surface area contributed by atoms with Crippen molar-refractivity contribution < 1.29 is 19.1 Å². The second-order valence-corrected chi connectivity index (χ2v) is 2.41. The molecule has 0 spiro atoms. The molecule has 0 bridgehead atoms. The summed E-state index contributed by atoms with van der Waals surface area (Å²) in [7, 11) is 0. The van der Waals surface area contributed by atoms with Crippen molar-refractivity contribution in [2.24, 2.45) is 5.73 Å². The first kappa shape index (κ1) is 14.3. The first-order chi connectivity index (χ1) is 5.90. The summed E-state index contributed by atoms with van der Waals surface area (Å²) in [6.07, 6.45) is -0.685. The third-order valence-electron chi connectivity index (χ3n) is 0.688. The Morgan fingerprint density at radius 1 is 1.38 bits per heavy atom. The van der Waals surface area contributed by atoms with Crippen molar-refractivity contribution in [3.05, 3.63) is 0 Å². The molecule has 1 amide bonds. The Kier molecular flexibility index (Phi) is 9.70. The van der Waals surface area contributed by atoms with Gasteiger partial charge in [-0.1, -0.05) is 0 Å². The highest BCUT2D eigenvalue weighted by atomic mass is 16.5. The maximum absolute atomic E-state index is 10.0. The zero-order chi connectivity index (χ0) is 10.9. The van der Waals surface area contributed by atoms with Gasteiger partial charge in [0.05, 0.1) is 12.7 Å². The molecule has 0 aliphatic carbocycles. The Morgan fingerprint density at radius 3 is 1.85 bits per heavy atom. The fraction of sp³-hybridized carbons (Fsp3) is 0.750. The summed E-state index contributed by atoms with van der Waals surface area (Å²) < 4.78 is 8.79. The van der Waals surface area contributed by atoms with Crippen LogP contribution < -0.4 is 5.73 Å². The van der Waals surface area contributed by atoms with Crippen LogP contribution in [-0.2, 0) is 14.3 Å². The average Bonchev–Trinajstić information content (AvgIpc) is 1.83. The lowest BCUT2D eigenvalue weighted by Crippen LogP contribution is -2.11. The van der Waals surface area contributed by atoms with Gasteiger partial charge in [-0.25, -0.2) is 4.79 Å². The van der Waals surface area contributed by atoms with Crippen molar-refractivity contribution in [3.63, 3.8) is 0 Å². The Balaban J connectivity index is 0. The van der Waals surface area contributed by atoms with Crippen molar-refractivity contribution in [1.82, 2.24) is 0 Å². The number of primary amides is 1. The molecule has 0 saturated carbocycles. The van der Waals surface area contributed by atoms with Crippen LogP contribution in [0.3, 0.4) is 0 Å². The number of esters is 1. The van der Waals surface area contributed by atoms with Crippen LogP contribution in [0.15, 0.2) is 0 Å². The average molecular weight is 191 g/mol. The number of nitrogens with two attached hydrogens (primary N) is 1. The van der Waals surface area contributed by atoms with E-state index in [0.717, 1.165) is 0 Å². The number of carbonyl (C=O) groups is 2. The second kappa shape index (κ2) is 8.83. The van der Waals surface area contributed by atoms with E-state index >= 15 is 0 Å². The number of rotatable bonds is 2. The Hall–Kier alpha value is -1.26. The van der Waals surface area contributed by atoms with Crippen molar-refractivity contribution >= 4 is 12.1 Å². The van der Waals surface area contributed by atoms with Gasteiger partial charge in [-0.2, -0.15) is 0 Å². The number of carbonyl (C=O) groups excluding carboxylic acids is 2. The summed E-state index contributed by atoms with van der Waals surface area (Å²) in [5, 5.41) is 0. The first-order valence-electron chi connectivity index (χ1n) is 3.99. The molecule has 0 aromatic heterocycles. The maximum atomic E-state index is 10.0. The van der Waals surface area contributed by atoms with Crippen molar-refractivity contribution in [2.45, 2.75) is 33.8 Å². The minimum absolute atomic E-state index is 0.0255. The Bertz CT molecular complexity index is 156. The number of ether oxygens (including phenoxy) is 2. The van der Waals surface area contributed by atoms with Gasteiger partial charge in [-0.15, -0.1) is 0 Å². The third-order valence-corrected chi connectivity index (χ3v) is 0.688. The van der Waals surface area contributed by atoms with E-state index in [1.165, 1.54) is 6.92 Å². The molecule has 2 N–H and O–H groups in total. The van der Waals surface area contributed by atoms with Gasteiger partial charge in [0.15, 0.2) is 0 Å². The largest absolute Gasteiger partial charge is 0.463 e. The quantitative estimate of drug-likeness (QED) is 0.662. The van der Waals surface area contributed by atoms with Crippen molar-refractivity contribution in [1.29, 1.82) is 0 Å². The van der Waals surface area contributed by atoms with Gasteiger partial charge in [0, 0.05) is 6.92 Å². The molecular weight excluding hydrogens is 174 g/mol. The zero-order valence-corrected chi connectivity index (χ0v) is 8.49. The molecule has 0 atom stereocenters. The Morgan fingerprint density at radius 2 is 1.85 bits per heavy atom. The number of hydrogen-bond donors (Lipinski definition) is 1. The maximum Gasteiger partial charge on any atom is 0.404 e. The lowest BCUT2D eigenvalue weighted by molar-refractivity contribution is -0.144. The standard InChI is InChI=1S/C5H10O2.C3H7NO2/c1-4(2)7-5(3)6;1-2-6-3(4)5/h4H,1-3H3;2H2,1H3,(H2,4,5). The first-order valence-corrected chi connectivity index (χ1v) is 3.99. The fourth-order valence-electron chi connectivity index (χ4n) is 0.474. The van der Waals surface area contributed by atoms with E-state index in [0.29, 0.717) is 6.61 Å². The van der Waals surface area contributed by atoms with Crippen molar-refractivity contribution in [3.8, 4) is 0 Å². The van der Waals surface area contributed by atoms with Crippen molar-refractivity contribution in [2.75, 3.05) is 6.61 Å². The van der Waals surface area contributed by atoms with Gasteiger partial charge in [-0.3, -0.25) is 4.79 Å². The summed E-state index contributed by atoms with van der Waals surface area (Å²) in [6.45, 7) is 7.10. The van der Waals surface area contributed by atoms with E-state index in [-0.39, 0.29) is 12.1 Å². The molecule has 0 aromatic rings. The third kappa shape index (κ3) is 24.9. The van der Waals surface area contributed by atoms with Crippen LogP contribution in [-0.4, -0.2) is 24.8 Å². The monoisotopic (exact) mass is 191 g/mol. The van der Waals surface area contributed by atoms with Gasteiger partial charge >= 0.3 is 12.1 Å². The van der Waals surface area contributed by atoms with Gasteiger partial charge in [-0.05, 0) is 20.8 Å². The lowest BCUT2D eigenvalue weighted by atomic mass is 10.5. The van der Waals surface area contributed by atoms with Crippen LogP contribution >= 0.6 is 0 Å². The molecule has 0 aromatic carbocycles. The van der Waals surface area contributed by atoms with E-state index in [2.05, 4.69) is 15.2 Å². The topological polar surface area (TPSA) is 78.6 Å². The molecule has 0 heterocycles. The summed E-state index contributed by atoms with van der Waals surface area (Å²) in [4.78, 5) is 19.6. The summed E-state index contributed by atoms with van der Waals surface area (Å²) in [5.74, 6) is -0.213. The normalized spacial score (nSPS) is 8.38. The minimum atomic E-state index is -0.711. The molecule has 0 fully saturated rings. The zero-order valence-electron chi connectivity index (χ0n) is 8.49. The van der Waals surface area contributed by atoms with E-state index in [4.69, 9.17) is 0 Å². The van der Waals surface area contributed by atoms with E-state index in [1.54, 1.807) is 6.92 Å². The Labute approximate surface area is 78.2 Å². The van der Waals surface area contributed by atoms with Gasteiger partial charge in [0.1, 0.15) is 0 Å². The van der Waals surface area contributed by atoms with Gasteiger partial charge in [0.25, 0.3) is 0 Å². The molecule has 78 valence electrons. The molecule has 5 nitrogen and oxygen atoms in total. The minimum Gasteiger partial charge on any atom is -0.463 e. The summed E-state index contributed by atoms with van der Waals surface area (Å²) in [6, 6.07) is 0. The van der Waals surface area contributed by atoms with Gasteiger partial charge in [0.2, 0.25) is 0 Å². The molecule has 5 heteroatoms. The molecular formula is C8H17NO4. The molecule has 0 aliphatic rings. The molecule has 0 rings (SSSR count). The van der Waals surface area contributed by atoms with E-state index in [1.807, 2.05) is 13.8 Å². The predicted octanol–water partition coefficient (Wildman–Crippen LogP) is 1.06. The number of hydrogen-bond acceptors (Lipinski definition) is 4. The van der Waals surface area contributed by atoms with E-state index < -0.39 is 6.09 Å². The van der Waals surface area contributed by atoms with Crippen LogP contribution in [0, 0.1) is 0 Å². The smallest absolute Gasteiger partial charge is 0.404 e. The summed E-state index contributed by atoms with van der Waals surface area (Å²) >= 11 is 0. The number of amides is 1. The molecule has 0 unspecified atom stereocenters. The highest BCUT2D eigenvalue weighted by molar-refractivity contribution is 5.66. The molecule has 0 saturated heterocycles. The highest BCUT2D eigenvalue weighted by Gasteiger charge is 1.93. The summed E-state index contributed by atoms with van der Waals surface area (Å²) in [5.41, 5.74) is 4.54. The molecule has 13 heavy (non-hydrogen) atoms. The van der Waals surface area contributed by atoms with Gasteiger partial charge < -0.3 is 15.2 Å². The molecule has 0 radical (unpaired) electrons. The van der Waals surface area contributed by atoms with Crippen LogP contribution in [0.1, 0.15) is 27.7 Å². The second-order valence-electron chi connectivity index (χ2n) is 2.41.